The van der Waals surface area contributed by atoms with Gasteiger partial charge in [-0.15, -0.1) is 0 Å². The lowest BCUT2D eigenvalue weighted by Crippen LogP contribution is -2.02. The van der Waals surface area contributed by atoms with Gasteiger partial charge in [0.2, 0.25) is 0 Å². The predicted octanol–water partition coefficient (Wildman–Crippen LogP) is 3.99. The minimum absolute atomic E-state index is 0.334. The Balaban J connectivity index is 2.48. The molecular weight excluding hydrogens is 244 g/mol. The van der Waals surface area contributed by atoms with Crippen LogP contribution >= 0.6 is 22.9 Å². The van der Waals surface area contributed by atoms with Crippen molar-refractivity contribution >= 4 is 28.9 Å². The van der Waals surface area contributed by atoms with Crippen LogP contribution in [0.1, 0.15) is 6.92 Å². The van der Waals surface area contributed by atoms with Crippen LogP contribution in [0.4, 0.5) is 0 Å². The van der Waals surface area contributed by atoms with Gasteiger partial charge in [0.25, 0.3) is 0 Å². The number of hydrogen-bond acceptors (Lipinski definition) is 3. The van der Waals surface area contributed by atoms with E-state index in [2.05, 4.69) is 0 Å². The molecule has 0 unspecified atom stereocenters. The summed E-state index contributed by atoms with van der Waals surface area (Å²) in [6.45, 7) is 1.38. The second kappa shape index (κ2) is 4.68. The second-order valence-corrected chi connectivity index (χ2v) is 4.46. The lowest BCUT2D eigenvalue weighted by atomic mass is 10.1. The molecule has 2 nitrogen and oxygen atoms in total. The van der Waals surface area contributed by atoms with Crippen molar-refractivity contribution in [1.29, 1.82) is 0 Å². The van der Waals surface area contributed by atoms with Gasteiger partial charge in [-0.3, -0.25) is 4.79 Å². The van der Waals surface area contributed by atoms with Crippen LogP contribution in [-0.2, 0) is 4.79 Å². The van der Waals surface area contributed by atoms with E-state index in [1.54, 1.807) is 29.5 Å². The van der Waals surface area contributed by atoms with Crippen molar-refractivity contribution in [2.24, 2.45) is 0 Å². The Labute approximate surface area is 102 Å². The molecule has 4 heteroatoms. The van der Waals surface area contributed by atoms with Crippen LogP contribution in [0.5, 0.6) is 5.75 Å². The van der Waals surface area contributed by atoms with Gasteiger partial charge in [-0.05, 0) is 40.6 Å². The first-order valence-electron chi connectivity index (χ1n) is 4.67. The number of hydrogen-bond donors (Lipinski definition) is 0. The fourth-order valence-corrected chi connectivity index (χ4v) is 2.22. The summed E-state index contributed by atoms with van der Waals surface area (Å²) in [6, 6.07) is 7.16. The van der Waals surface area contributed by atoms with Gasteiger partial charge >= 0.3 is 5.97 Å². The van der Waals surface area contributed by atoms with E-state index < -0.39 is 0 Å². The van der Waals surface area contributed by atoms with E-state index >= 15 is 0 Å². The Morgan fingerprint density at radius 1 is 1.38 bits per heavy atom. The van der Waals surface area contributed by atoms with E-state index in [9.17, 15) is 4.79 Å². The van der Waals surface area contributed by atoms with E-state index in [-0.39, 0.29) is 5.97 Å². The smallest absolute Gasteiger partial charge is 0.308 e. The maximum atomic E-state index is 11.0. The predicted molar refractivity (Wildman–Crippen MR) is 66.1 cm³/mol. The maximum Gasteiger partial charge on any atom is 0.308 e. The van der Waals surface area contributed by atoms with E-state index in [1.165, 1.54) is 6.92 Å². The molecule has 0 N–H and O–H groups in total. The molecule has 0 saturated carbocycles. The number of halogens is 1. The van der Waals surface area contributed by atoms with Crippen LogP contribution in [-0.4, -0.2) is 5.97 Å². The maximum absolute atomic E-state index is 11.0. The summed E-state index contributed by atoms with van der Waals surface area (Å²) in [5, 5.41) is 4.57. The van der Waals surface area contributed by atoms with Crippen LogP contribution in [0.15, 0.2) is 35.0 Å². The lowest BCUT2D eigenvalue weighted by Gasteiger charge is -2.07. The summed E-state index contributed by atoms with van der Waals surface area (Å²) in [7, 11) is 0. The van der Waals surface area contributed by atoms with Gasteiger partial charge in [0.15, 0.2) is 0 Å². The fourth-order valence-electron chi connectivity index (χ4n) is 1.39. The molecule has 1 aromatic heterocycles. The third-order valence-corrected chi connectivity index (χ3v) is 2.95. The van der Waals surface area contributed by atoms with Crippen molar-refractivity contribution in [3.05, 3.63) is 40.0 Å². The van der Waals surface area contributed by atoms with Crippen LogP contribution in [0.2, 0.25) is 5.02 Å². The molecule has 0 aliphatic heterocycles. The number of esters is 1. The number of thiophene rings is 1. The topological polar surface area (TPSA) is 26.3 Å². The highest BCUT2D eigenvalue weighted by atomic mass is 35.5. The first-order valence-corrected chi connectivity index (χ1v) is 5.99. The summed E-state index contributed by atoms with van der Waals surface area (Å²) in [5.74, 6) is 0.203. The molecule has 1 heterocycles. The average molecular weight is 253 g/mol. The summed E-state index contributed by atoms with van der Waals surface area (Å²) < 4.78 is 5.13. The Bertz CT molecular complexity index is 506. The Morgan fingerprint density at radius 2 is 2.19 bits per heavy atom. The number of ether oxygens (including phenoxy) is 1. The molecule has 0 aliphatic rings. The minimum Gasteiger partial charge on any atom is -0.426 e. The minimum atomic E-state index is -0.334. The van der Waals surface area contributed by atoms with Gasteiger partial charge in [-0.25, -0.2) is 0 Å². The van der Waals surface area contributed by atoms with Gasteiger partial charge in [0.1, 0.15) is 5.75 Å². The van der Waals surface area contributed by atoms with E-state index in [0.29, 0.717) is 10.8 Å². The largest absolute Gasteiger partial charge is 0.426 e. The van der Waals surface area contributed by atoms with Crippen molar-refractivity contribution in [2.45, 2.75) is 6.92 Å². The number of benzene rings is 1. The third kappa shape index (κ3) is 2.43. The molecule has 0 radical (unpaired) electrons. The number of carbonyl (C=O) groups excluding carboxylic acids is 1. The van der Waals surface area contributed by atoms with Gasteiger partial charge in [-0.2, -0.15) is 11.3 Å². The molecule has 2 rings (SSSR count). The van der Waals surface area contributed by atoms with Crippen LogP contribution in [0.25, 0.3) is 11.1 Å². The highest BCUT2D eigenvalue weighted by Crippen LogP contribution is 2.33. The van der Waals surface area contributed by atoms with E-state index in [1.807, 2.05) is 16.8 Å². The summed E-state index contributed by atoms with van der Waals surface area (Å²) in [4.78, 5) is 11.0. The zero-order valence-electron chi connectivity index (χ0n) is 8.57. The molecule has 0 aliphatic carbocycles. The number of carbonyl (C=O) groups is 1. The molecule has 0 spiro atoms. The van der Waals surface area contributed by atoms with Crippen molar-refractivity contribution in [3.63, 3.8) is 0 Å². The Hall–Kier alpha value is -1.32. The van der Waals surface area contributed by atoms with Crippen molar-refractivity contribution in [1.82, 2.24) is 0 Å². The van der Waals surface area contributed by atoms with Crippen LogP contribution in [0, 0.1) is 0 Å². The Kier molecular flexibility index (Phi) is 3.27. The summed E-state index contributed by atoms with van der Waals surface area (Å²) in [6.07, 6.45) is 0. The highest BCUT2D eigenvalue weighted by molar-refractivity contribution is 7.08. The highest BCUT2D eigenvalue weighted by Gasteiger charge is 2.09. The van der Waals surface area contributed by atoms with Gasteiger partial charge in [-0.1, -0.05) is 11.6 Å². The zero-order valence-corrected chi connectivity index (χ0v) is 10.1. The van der Waals surface area contributed by atoms with E-state index in [4.69, 9.17) is 16.3 Å². The van der Waals surface area contributed by atoms with Gasteiger partial charge < -0.3 is 4.74 Å². The van der Waals surface area contributed by atoms with E-state index in [0.717, 1.165) is 11.1 Å². The zero-order chi connectivity index (χ0) is 11.5. The van der Waals surface area contributed by atoms with Gasteiger partial charge in [0.05, 0.1) is 0 Å². The summed E-state index contributed by atoms with van der Waals surface area (Å²) in [5.41, 5.74) is 1.84. The molecule has 82 valence electrons. The van der Waals surface area contributed by atoms with Crippen LogP contribution < -0.4 is 4.74 Å². The number of rotatable bonds is 2. The lowest BCUT2D eigenvalue weighted by molar-refractivity contribution is -0.131. The van der Waals surface area contributed by atoms with Crippen molar-refractivity contribution in [2.75, 3.05) is 0 Å². The van der Waals surface area contributed by atoms with Crippen LogP contribution in [0.3, 0.4) is 0 Å². The average Bonchev–Trinajstić information content (AvgIpc) is 2.73. The van der Waals surface area contributed by atoms with Gasteiger partial charge in [0, 0.05) is 17.5 Å². The van der Waals surface area contributed by atoms with Crippen molar-refractivity contribution < 1.29 is 9.53 Å². The first-order chi connectivity index (χ1) is 7.66. The molecule has 0 saturated heterocycles. The molecule has 1 aromatic carbocycles. The fraction of sp³-hybridized carbons (Fsp3) is 0.0833. The molecule has 0 amide bonds. The Morgan fingerprint density at radius 3 is 2.81 bits per heavy atom. The van der Waals surface area contributed by atoms with Crippen molar-refractivity contribution in [3.8, 4) is 16.9 Å². The first kappa shape index (κ1) is 11.2. The monoisotopic (exact) mass is 252 g/mol. The second-order valence-electron chi connectivity index (χ2n) is 3.25. The molecule has 0 atom stereocenters. The SMILES string of the molecule is CC(=O)Oc1ccc(Cl)cc1-c1ccsc1. The molecule has 0 bridgehead atoms. The summed E-state index contributed by atoms with van der Waals surface area (Å²) >= 11 is 7.52. The molecular formula is C12H9ClO2S. The molecule has 16 heavy (non-hydrogen) atoms. The standard InChI is InChI=1S/C12H9ClO2S/c1-8(14)15-12-3-2-10(13)6-11(12)9-4-5-16-7-9/h2-7H,1H3. The molecule has 2 aromatic rings. The normalized spacial score (nSPS) is 10.1. The molecule has 0 fully saturated rings. The third-order valence-electron chi connectivity index (χ3n) is 2.03. The quantitative estimate of drug-likeness (QED) is 0.597.